The fraction of sp³-hybridized carbons (Fsp3) is 0.667. The topological polar surface area (TPSA) is 72.4 Å². The summed E-state index contributed by atoms with van der Waals surface area (Å²) in [7, 11) is -3.13. The normalized spacial score (nSPS) is 20.7. The van der Waals surface area contributed by atoms with E-state index in [1.54, 1.807) is 6.92 Å². The van der Waals surface area contributed by atoms with E-state index in [0.29, 0.717) is 25.5 Å². The maximum atomic E-state index is 11.7. The number of hydrogen-bond donors (Lipinski definition) is 0. The average Bonchev–Trinajstić information content (AvgIpc) is 2.77. The van der Waals surface area contributed by atoms with Crippen molar-refractivity contribution in [1.29, 1.82) is 0 Å². The molecule has 6 nitrogen and oxygen atoms in total. The SMILES string of the molecule is CCS(=O)(=O)N1CC[C@@H](Oc2nc(C)cc(C)n2)C1. The minimum Gasteiger partial charge on any atom is -0.459 e. The van der Waals surface area contributed by atoms with Crippen LogP contribution in [0.25, 0.3) is 0 Å². The second-order valence-electron chi connectivity index (χ2n) is 4.72. The first-order valence-corrected chi connectivity index (χ1v) is 7.98. The van der Waals surface area contributed by atoms with Crippen LogP contribution in [-0.4, -0.2) is 47.6 Å². The van der Waals surface area contributed by atoms with E-state index in [1.165, 1.54) is 4.31 Å². The molecule has 1 aliphatic heterocycles. The molecule has 0 N–H and O–H groups in total. The van der Waals surface area contributed by atoms with E-state index in [2.05, 4.69) is 9.97 Å². The van der Waals surface area contributed by atoms with Gasteiger partial charge in [0.1, 0.15) is 6.10 Å². The molecule has 0 aliphatic carbocycles. The van der Waals surface area contributed by atoms with Gasteiger partial charge in [-0.3, -0.25) is 0 Å². The largest absolute Gasteiger partial charge is 0.459 e. The van der Waals surface area contributed by atoms with E-state index >= 15 is 0 Å². The van der Waals surface area contributed by atoms with Gasteiger partial charge in [-0.2, -0.15) is 4.31 Å². The second kappa shape index (κ2) is 5.42. The van der Waals surface area contributed by atoms with Crippen molar-refractivity contribution in [2.45, 2.75) is 33.3 Å². The summed E-state index contributed by atoms with van der Waals surface area (Å²) >= 11 is 0. The first-order valence-electron chi connectivity index (χ1n) is 6.37. The lowest BCUT2D eigenvalue weighted by Gasteiger charge is -2.15. The lowest BCUT2D eigenvalue weighted by molar-refractivity contribution is 0.197. The van der Waals surface area contributed by atoms with Crippen LogP contribution in [0.2, 0.25) is 0 Å². The highest BCUT2D eigenvalue weighted by Gasteiger charge is 2.31. The first kappa shape index (κ1) is 14.2. The minimum atomic E-state index is -3.13. The Morgan fingerprint density at radius 2 is 2.00 bits per heavy atom. The van der Waals surface area contributed by atoms with Crippen LogP contribution in [0.3, 0.4) is 0 Å². The average molecular weight is 285 g/mol. The summed E-state index contributed by atoms with van der Waals surface area (Å²) in [5.74, 6) is 0.125. The number of aromatic nitrogens is 2. The molecule has 0 saturated carbocycles. The molecule has 1 saturated heterocycles. The maximum absolute atomic E-state index is 11.7. The Morgan fingerprint density at radius 1 is 1.37 bits per heavy atom. The maximum Gasteiger partial charge on any atom is 0.317 e. The molecule has 0 unspecified atom stereocenters. The molecule has 19 heavy (non-hydrogen) atoms. The van der Waals surface area contributed by atoms with Gasteiger partial charge < -0.3 is 4.74 Å². The van der Waals surface area contributed by atoms with Gasteiger partial charge in [0, 0.05) is 17.9 Å². The van der Waals surface area contributed by atoms with Crippen molar-refractivity contribution in [3.63, 3.8) is 0 Å². The van der Waals surface area contributed by atoms with Gasteiger partial charge in [0.05, 0.1) is 12.3 Å². The number of hydrogen-bond acceptors (Lipinski definition) is 5. The molecule has 1 aromatic heterocycles. The molecular weight excluding hydrogens is 266 g/mol. The lowest BCUT2D eigenvalue weighted by atomic mass is 10.3. The van der Waals surface area contributed by atoms with Crippen LogP contribution in [0, 0.1) is 13.8 Å². The molecule has 1 atom stereocenters. The fourth-order valence-electron chi connectivity index (χ4n) is 2.12. The molecule has 0 radical (unpaired) electrons. The molecule has 7 heteroatoms. The molecule has 1 aliphatic rings. The zero-order valence-corrected chi connectivity index (χ0v) is 12.3. The molecule has 0 aromatic carbocycles. The van der Waals surface area contributed by atoms with Crippen LogP contribution in [0.5, 0.6) is 6.01 Å². The minimum absolute atomic E-state index is 0.125. The fourth-order valence-corrected chi connectivity index (χ4v) is 3.27. The van der Waals surface area contributed by atoms with E-state index in [0.717, 1.165) is 11.4 Å². The Morgan fingerprint density at radius 3 is 2.58 bits per heavy atom. The number of sulfonamides is 1. The smallest absolute Gasteiger partial charge is 0.317 e. The Bertz CT molecular complexity index is 539. The Kier molecular flexibility index (Phi) is 4.05. The van der Waals surface area contributed by atoms with Crippen LogP contribution in [0.15, 0.2) is 6.07 Å². The molecule has 2 heterocycles. The van der Waals surface area contributed by atoms with Gasteiger partial charge in [-0.15, -0.1) is 0 Å². The van der Waals surface area contributed by atoms with Crippen molar-refractivity contribution in [2.24, 2.45) is 0 Å². The van der Waals surface area contributed by atoms with Crippen molar-refractivity contribution in [3.8, 4) is 6.01 Å². The summed E-state index contributed by atoms with van der Waals surface area (Å²) in [4.78, 5) is 8.41. The van der Waals surface area contributed by atoms with Crippen LogP contribution in [0.4, 0.5) is 0 Å². The number of ether oxygens (including phenoxy) is 1. The summed E-state index contributed by atoms with van der Waals surface area (Å²) in [5.41, 5.74) is 1.69. The summed E-state index contributed by atoms with van der Waals surface area (Å²) in [5, 5.41) is 0. The van der Waals surface area contributed by atoms with E-state index < -0.39 is 10.0 Å². The van der Waals surface area contributed by atoms with Gasteiger partial charge in [-0.25, -0.2) is 18.4 Å². The van der Waals surface area contributed by atoms with Gasteiger partial charge in [0.2, 0.25) is 10.0 Å². The van der Waals surface area contributed by atoms with Crippen LogP contribution < -0.4 is 4.74 Å². The van der Waals surface area contributed by atoms with Gasteiger partial charge >= 0.3 is 6.01 Å². The van der Waals surface area contributed by atoms with E-state index in [4.69, 9.17) is 4.74 Å². The Hall–Kier alpha value is -1.21. The second-order valence-corrected chi connectivity index (χ2v) is 6.98. The third kappa shape index (κ3) is 3.42. The molecule has 2 rings (SSSR count). The zero-order chi connectivity index (χ0) is 14.0. The Labute approximate surface area is 113 Å². The zero-order valence-electron chi connectivity index (χ0n) is 11.5. The van der Waals surface area contributed by atoms with E-state index in [9.17, 15) is 8.42 Å². The predicted octanol–water partition coefficient (Wildman–Crippen LogP) is 0.896. The van der Waals surface area contributed by atoms with Gasteiger partial charge in [-0.05, 0) is 33.3 Å². The molecule has 1 fully saturated rings. The number of aryl methyl sites for hydroxylation is 2. The number of rotatable bonds is 4. The van der Waals surface area contributed by atoms with E-state index in [-0.39, 0.29) is 11.9 Å². The van der Waals surface area contributed by atoms with Crippen LogP contribution in [0.1, 0.15) is 24.7 Å². The van der Waals surface area contributed by atoms with Crippen LogP contribution in [-0.2, 0) is 10.0 Å². The molecule has 0 bridgehead atoms. The third-order valence-corrected chi connectivity index (χ3v) is 4.95. The summed E-state index contributed by atoms with van der Waals surface area (Å²) < 4.78 is 30.6. The monoisotopic (exact) mass is 285 g/mol. The van der Waals surface area contributed by atoms with Gasteiger partial charge in [-0.1, -0.05) is 0 Å². The van der Waals surface area contributed by atoms with Crippen molar-refractivity contribution >= 4 is 10.0 Å². The van der Waals surface area contributed by atoms with Crippen molar-refractivity contribution in [1.82, 2.24) is 14.3 Å². The van der Waals surface area contributed by atoms with Crippen molar-refractivity contribution < 1.29 is 13.2 Å². The highest BCUT2D eigenvalue weighted by molar-refractivity contribution is 7.89. The standard InChI is InChI=1S/C12H19N3O3S/c1-4-19(16,17)15-6-5-11(8-15)18-12-13-9(2)7-10(3)14-12/h7,11H,4-6,8H2,1-3H3/t11-/m1/s1. The quantitative estimate of drug-likeness (QED) is 0.821. The van der Waals surface area contributed by atoms with Gasteiger partial charge in [0.25, 0.3) is 0 Å². The number of nitrogens with zero attached hydrogens (tertiary/aromatic N) is 3. The molecule has 0 spiro atoms. The molecule has 0 amide bonds. The highest BCUT2D eigenvalue weighted by Crippen LogP contribution is 2.18. The lowest BCUT2D eigenvalue weighted by Crippen LogP contribution is -2.32. The summed E-state index contributed by atoms with van der Waals surface area (Å²) in [6.07, 6.45) is 0.512. The molecule has 106 valence electrons. The third-order valence-electron chi connectivity index (χ3n) is 3.10. The van der Waals surface area contributed by atoms with Gasteiger partial charge in [0.15, 0.2) is 0 Å². The Balaban J connectivity index is 2.02. The highest BCUT2D eigenvalue weighted by atomic mass is 32.2. The van der Waals surface area contributed by atoms with E-state index in [1.807, 2.05) is 19.9 Å². The summed E-state index contributed by atoms with van der Waals surface area (Å²) in [6.45, 7) is 6.29. The molecular formula is C12H19N3O3S. The molecule has 1 aromatic rings. The first-order chi connectivity index (χ1) is 8.90. The van der Waals surface area contributed by atoms with Crippen LogP contribution >= 0.6 is 0 Å². The predicted molar refractivity (Wildman–Crippen MR) is 71.6 cm³/mol. The summed E-state index contributed by atoms with van der Waals surface area (Å²) in [6, 6.07) is 2.20. The van der Waals surface area contributed by atoms with Crippen molar-refractivity contribution in [2.75, 3.05) is 18.8 Å². The van der Waals surface area contributed by atoms with Crippen molar-refractivity contribution in [3.05, 3.63) is 17.5 Å².